The molecule has 1 N–H and O–H groups in total. The van der Waals surface area contributed by atoms with Gasteiger partial charge in [-0.1, -0.05) is 30.3 Å². The molecule has 3 aromatic rings. The highest BCUT2D eigenvalue weighted by Gasteiger charge is 2.24. The van der Waals surface area contributed by atoms with Crippen LogP contribution in [0.4, 0.5) is 0 Å². The predicted octanol–water partition coefficient (Wildman–Crippen LogP) is 1.98. The molecular weight excluding hydrogens is 342 g/mol. The Balaban J connectivity index is 1.36. The molecule has 140 valence electrons. The van der Waals surface area contributed by atoms with Crippen LogP contribution in [0.5, 0.6) is 0 Å². The fourth-order valence-electron chi connectivity index (χ4n) is 3.42. The molecular formula is C20H23N5O2. The number of aliphatic hydroxyl groups is 1. The molecule has 27 heavy (non-hydrogen) atoms. The minimum atomic E-state index is -0.748. The molecule has 1 aromatic carbocycles. The van der Waals surface area contributed by atoms with Crippen LogP contribution >= 0.6 is 0 Å². The van der Waals surface area contributed by atoms with Crippen LogP contribution in [-0.4, -0.2) is 42.0 Å². The second-order valence-electron chi connectivity index (χ2n) is 6.78. The van der Waals surface area contributed by atoms with E-state index in [4.69, 9.17) is 0 Å². The van der Waals surface area contributed by atoms with Crippen LogP contribution < -0.4 is 0 Å². The van der Waals surface area contributed by atoms with Crippen molar-refractivity contribution in [2.24, 2.45) is 0 Å². The van der Waals surface area contributed by atoms with E-state index in [1.165, 1.54) is 0 Å². The van der Waals surface area contributed by atoms with E-state index in [1.807, 2.05) is 62.9 Å². The Morgan fingerprint density at radius 2 is 2.04 bits per heavy atom. The molecule has 1 amide bonds. The van der Waals surface area contributed by atoms with Crippen LogP contribution in [0.1, 0.15) is 35.9 Å². The highest BCUT2D eigenvalue weighted by atomic mass is 16.3. The quantitative estimate of drug-likeness (QED) is 0.725. The third-order valence-corrected chi connectivity index (χ3v) is 4.90. The van der Waals surface area contributed by atoms with Gasteiger partial charge in [-0.25, -0.2) is 0 Å². The first-order chi connectivity index (χ1) is 13.2. The minimum Gasteiger partial charge on any atom is -0.382 e. The number of hydrogen-bond acceptors (Lipinski definition) is 4. The molecule has 1 aliphatic heterocycles. The molecule has 1 atom stereocenters. The number of fused-ring (bicyclic) bond motifs is 1. The van der Waals surface area contributed by atoms with Crippen molar-refractivity contribution >= 4 is 5.91 Å². The summed E-state index contributed by atoms with van der Waals surface area (Å²) in [6.07, 6.45) is 4.18. The zero-order valence-electron chi connectivity index (χ0n) is 15.1. The smallest absolute Gasteiger partial charge is 0.223 e. The van der Waals surface area contributed by atoms with E-state index < -0.39 is 6.10 Å². The van der Waals surface area contributed by atoms with Gasteiger partial charge in [-0.05, 0) is 24.1 Å². The number of carbonyl (C=O) groups is 1. The number of nitrogens with zero attached hydrogens (tertiary/aromatic N) is 5. The molecule has 2 aromatic heterocycles. The molecule has 0 fully saturated rings. The van der Waals surface area contributed by atoms with Gasteiger partial charge in [0.15, 0.2) is 0 Å². The average Bonchev–Trinajstić information content (AvgIpc) is 3.37. The largest absolute Gasteiger partial charge is 0.382 e. The summed E-state index contributed by atoms with van der Waals surface area (Å²) in [5.41, 5.74) is 2.41. The Morgan fingerprint density at radius 1 is 1.19 bits per heavy atom. The molecule has 0 bridgehead atoms. The average molecular weight is 365 g/mol. The van der Waals surface area contributed by atoms with Crippen molar-refractivity contribution in [1.82, 2.24) is 24.5 Å². The number of hydrogen-bond donors (Lipinski definition) is 1. The lowest BCUT2D eigenvalue weighted by molar-refractivity contribution is -0.132. The van der Waals surface area contributed by atoms with Gasteiger partial charge >= 0.3 is 0 Å². The van der Waals surface area contributed by atoms with Gasteiger partial charge in [0.25, 0.3) is 0 Å². The summed E-state index contributed by atoms with van der Waals surface area (Å²) in [4.78, 5) is 14.4. The lowest BCUT2D eigenvalue weighted by Gasteiger charge is -2.27. The second-order valence-corrected chi connectivity index (χ2v) is 6.78. The molecule has 3 heterocycles. The standard InChI is InChI=1S/C20H23N5O2/c26-19(8-4-10-24-11-5-9-21-24)23-12-13-25-17(15-23)14-18(22-25)20(27)16-6-2-1-3-7-16/h1-3,5-7,9,11,14,20,27H,4,8,10,12-13,15H2. The first-order valence-corrected chi connectivity index (χ1v) is 9.25. The van der Waals surface area contributed by atoms with E-state index in [9.17, 15) is 9.90 Å². The van der Waals surface area contributed by atoms with Crippen molar-refractivity contribution in [3.63, 3.8) is 0 Å². The fraction of sp³-hybridized carbons (Fsp3) is 0.350. The minimum absolute atomic E-state index is 0.153. The van der Waals surface area contributed by atoms with Gasteiger partial charge in [0.2, 0.25) is 5.91 Å². The number of benzene rings is 1. The van der Waals surface area contributed by atoms with Crippen LogP contribution in [0, 0.1) is 0 Å². The highest BCUT2D eigenvalue weighted by molar-refractivity contribution is 5.76. The lowest BCUT2D eigenvalue weighted by Crippen LogP contribution is -2.38. The van der Waals surface area contributed by atoms with E-state index in [0.717, 1.165) is 24.2 Å². The molecule has 0 aliphatic carbocycles. The molecule has 0 radical (unpaired) electrons. The summed E-state index contributed by atoms with van der Waals surface area (Å²) in [5, 5.41) is 19.2. The maximum absolute atomic E-state index is 12.5. The number of carbonyl (C=O) groups excluding carboxylic acids is 1. The topological polar surface area (TPSA) is 76.2 Å². The van der Waals surface area contributed by atoms with Crippen LogP contribution in [-0.2, 0) is 24.4 Å². The molecule has 0 saturated heterocycles. The van der Waals surface area contributed by atoms with Crippen molar-refractivity contribution in [3.8, 4) is 0 Å². The summed E-state index contributed by atoms with van der Waals surface area (Å²) >= 11 is 0. The van der Waals surface area contributed by atoms with Gasteiger partial charge in [-0.3, -0.25) is 14.2 Å². The van der Waals surface area contributed by atoms with Gasteiger partial charge in [-0.15, -0.1) is 0 Å². The molecule has 7 nitrogen and oxygen atoms in total. The van der Waals surface area contributed by atoms with Crippen molar-refractivity contribution in [3.05, 3.63) is 71.8 Å². The van der Waals surface area contributed by atoms with E-state index in [1.54, 1.807) is 6.20 Å². The number of rotatable bonds is 6. The van der Waals surface area contributed by atoms with Crippen molar-refractivity contribution in [2.75, 3.05) is 6.54 Å². The van der Waals surface area contributed by atoms with Crippen LogP contribution in [0.15, 0.2) is 54.9 Å². The lowest BCUT2D eigenvalue weighted by atomic mass is 10.1. The zero-order chi connectivity index (χ0) is 18.6. The number of aryl methyl sites for hydroxylation is 1. The van der Waals surface area contributed by atoms with E-state index in [-0.39, 0.29) is 5.91 Å². The predicted molar refractivity (Wildman–Crippen MR) is 99.6 cm³/mol. The maximum Gasteiger partial charge on any atom is 0.223 e. The van der Waals surface area contributed by atoms with E-state index in [2.05, 4.69) is 10.2 Å². The molecule has 0 spiro atoms. The fourth-order valence-corrected chi connectivity index (χ4v) is 3.42. The van der Waals surface area contributed by atoms with Crippen LogP contribution in [0.25, 0.3) is 0 Å². The summed E-state index contributed by atoms with van der Waals surface area (Å²) in [5.74, 6) is 0.153. The SMILES string of the molecule is O=C(CCCn1cccn1)N1CCn2nc(C(O)c3ccccc3)cc2C1. The van der Waals surface area contributed by atoms with Crippen molar-refractivity contribution in [1.29, 1.82) is 0 Å². The van der Waals surface area contributed by atoms with Gasteiger partial charge in [0, 0.05) is 31.9 Å². The van der Waals surface area contributed by atoms with Crippen LogP contribution in [0.3, 0.4) is 0 Å². The highest BCUT2D eigenvalue weighted by Crippen LogP contribution is 2.23. The summed E-state index contributed by atoms with van der Waals surface area (Å²) in [6.45, 7) is 2.59. The Kier molecular flexibility index (Phi) is 5.02. The number of aliphatic hydroxyl groups excluding tert-OH is 1. The van der Waals surface area contributed by atoms with E-state index >= 15 is 0 Å². The Morgan fingerprint density at radius 3 is 2.81 bits per heavy atom. The Bertz CT molecular complexity index is 889. The summed E-state index contributed by atoms with van der Waals surface area (Å²) < 4.78 is 3.74. The van der Waals surface area contributed by atoms with Gasteiger partial charge < -0.3 is 10.0 Å². The number of amides is 1. The van der Waals surface area contributed by atoms with Crippen molar-refractivity contribution in [2.45, 2.75) is 38.6 Å². The Hall–Kier alpha value is -2.93. The second kappa shape index (κ2) is 7.75. The molecule has 7 heteroatoms. The number of aromatic nitrogens is 4. The monoisotopic (exact) mass is 365 g/mol. The van der Waals surface area contributed by atoms with E-state index in [0.29, 0.717) is 31.7 Å². The molecule has 1 aliphatic rings. The van der Waals surface area contributed by atoms with Gasteiger partial charge in [-0.2, -0.15) is 10.2 Å². The summed E-state index contributed by atoms with van der Waals surface area (Å²) in [7, 11) is 0. The molecule has 4 rings (SSSR count). The first kappa shape index (κ1) is 17.5. The van der Waals surface area contributed by atoms with Crippen molar-refractivity contribution < 1.29 is 9.90 Å². The summed E-state index contributed by atoms with van der Waals surface area (Å²) in [6, 6.07) is 13.3. The van der Waals surface area contributed by atoms with Gasteiger partial charge in [0.05, 0.1) is 24.5 Å². The third kappa shape index (κ3) is 3.93. The zero-order valence-corrected chi connectivity index (χ0v) is 15.1. The van der Waals surface area contributed by atoms with Gasteiger partial charge in [0.1, 0.15) is 6.10 Å². The third-order valence-electron chi connectivity index (χ3n) is 4.90. The van der Waals surface area contributed by atoms with Crippen LogP contribution in [0.2, 0.25) is 0 Å². The molecule has 1 unspecified atom stereocenters. The molecule has 0 saturated carbocycles. The first-order valence-electron chi connectivity index (χ1n) is 9.25. The maximum atomic E-state index is 12.5. The normalized spacial score (nSPS) is 14.8. The Labute approximate surface area is 157 Å².